The summed E-state index contributed by atoms with van der Waals surface area (Å²) in [4.78, 5) is 0. The average Bonchev–Trinajstić information content (AvgIpc) is 2.29. The van der Waals surface area contributed by atoms with Gasteiger partial charge in [-0.25, -0.2) is 0 Å². The lowest BCUT2D eigenvalue weighted by Crippen LogP contribution is -2.22. The van der Waals surface area contributed by atoms with Crippen LogP contribution in [0.25, 0.3) is 0 Å². The highest BCUT2D eigenvalue weighted by Gasteiger charge is 2.09. The van der Waals surface area contributed by atoms with Crippen LogP contribution in [0, 0.1) is 0 Å². The molecule has 0 spiro atoms. The number of nitrogens with one attached hydrogen (secondary N) is 1. The normalized spacial score (nSPS) is 11.4. The van der Waals surface area contributed by atoms with Gasteiger partial charge in [-0.3, -0.25) is 0 Å². The van der Waals surface area contributed by atoms with Gasteiger partial charge in [0.2, 0.25) is 0 Å². The van der Waals surface area contributed by atoms with Crippen LogP contribution in [0.3, 0.4) is 0 Å². The van der Waals surface area contributed by atoms with Gasteiger partial charge in [-0.1, -0.05) is 31.3 Å². The Bertz CT molecular complexity index is 148. The molecule has 0 aromatic carbocycles. The van der Waals surface area contributed by atoms with Gasteiger partial charge in [-0.15, -0.1) is 5.09 Å². The molecule has 0 aromatic heterocycles. The van der Waals surface area contributed by atoms with Gasteiger partial charge in [-0.05, 0) is 12.8 Å². The fourth-order valence-corrected chi connectivity index (χ4v) is 1.42. The highest BCUT2D eigenvalue weighted by Crippen LogP contribution is 2.04. The summed E-state index contributed by atoms with van der Waals surface area (Å²) < 4.78 is 21.5. The molecule has 16 heavy (non-hydrogen) atoms. The Morgan fingerprint density at radius 1 is 1.12 bits per heavy atom. The third kappa shape index (κ3) is 10.5. The summed E-state index contributed by atoms with van der Waals surface area (Å²) in [6.07, 6.45) is 4.98. The monoisotopic (exact) mass is 250 g/mol. The van der Waals surface area contributed by atoms with Crippen LogP contribution in [0.15, 0.2) is 0 Å². The van der Waals surface area contributed by atoms with Gasteiger partial charge in [0, 0.05) is 26.2 Å². The van der Waals surface area contributed by atoms with E-state index in [2.05, 4.69) is 18.9 Å². The maximum atomic E-state index is 10.3. The Morgan fingerprint density at radius 3 is 2.12 bits per heavy atom. The van der Waals surface area contributed by atoms with E-state index in [4.69, 9.17) is 9.47 Å². The van der Waals surface area contributed by atoms with Crippen molar-refractivity contribution in [2.45, 2.75) is 52.2 Å². The second-order valence-electron chi connectivity index (χ2n) is 3.70. The Morgan fingerprint density at radius 2 is 1.69 bits per heavy atom. The van der Waals surface area contributed by atoms with Crippen LogP contribution in [-0.4, -0.2) is 26.0 Å². The molecule has 5 heteroatoms. The molecule has 96 valence electrons. The quantitative estimate of drug-likeness (QED) is 0.329. The van der Waals surface area contributed by atoms with Crippen LogP contribution in [0.1, 0.15) is 46.0 Å². The minimum atomic E-state index is -0.449. The molecule has 0 radical (unpaired) electrons. The summed E-state index contributed by atoms with van der Waals surface area (Å²) in [5.41, 5.74) is 0. The molecular formula is C11H25NO3P+. The maximum Gasteiger partial charge on any atom is 0.418 e. The topological polar surface area (TPSA) is 47.6 Å². The summed E-state index contributed by atoms with van der Waals surface area (Å²) in [7, 11) is -0.449. The second kappa shape index (κ2) is 13.0. The van der Waals surface area contributed by atoms with E-state index in [-0.39, 0.29) is 6.29 Å². The van der Waals surface area contributed by atoms with Crippen molar-refractivity contribution in [1.29, 1.82) is 0 Å². The number of ether oxygens (including phenoxy) is 2. The Kier molecular flexibility index (Phi) is 13.0. The van der Waals surface area contributed by atoms with Gasteiger partial charge < -0.3 is 9.47 Å². The fourth-order valence-electron chi connectivity index (χ4n) is 1.17. The lowest BCUT2D eigenvalue weighted by atomic mass is 10.3. The summed E-state index contributed by atoms with van der Waals surface area (Å²) in [5, 5.41) is 2.77. The smallest absolute Gasteiger partial charge is 0.353 e. The zero-order valence-electron chi connectivity index (χ0n) is 10.5. The predicted molar refractivity (Wildman–Crippen MR) is 67.1 cm³/mol. The Labute approximate surface area is 100 Å². The Balaban J connectivity index is 3.62. The van der Waals surface area contributed by atoms with E-state index >= 15 is 0 Å². The second-order valence-corrected chi connectivity index (χ2v) is 4.25. The summed E-state index contributed by atoms with van der Waals surface area (Å²) >= 11 is 0. The van der Waals surface area contributed by atoms with Gasteiger partial charge in [0.25, 0.3) is 0 Å². The van der Waals surface area contributed by atoms with E-state index in [1.165, 1.54) is 0 Å². The summed E-state index contributed by atoms with van der Waals surface area (Å²) in [6.45, 7) is 6.43. The molecule has 0 saturated heterocycles. The van der Waals surface area contributed by atoms with Crippen molar-refractivity contribution in [2.24, 2.45) is 0 Å². The molecule has 1 unspecified atom stereocenters. The first kappa shape index (κ1) is 16.0. The molecule has 0 aliphatic heterocycles. The molecule has 0 aromatic rings. The van der Waals surface area contributed by atoms with Crippen LogP contribution in [0.2, 0.25) is 0 Å². The predicted octanol–water partition coefficient (Wildman–Crippen LogP) is 2.86. The van der Waals surface area contributed by atoms with Gasteiger partial charge in [-0.2, -0.15) is 0 Å². The maximum absolute atomic E-state index is 10.3. The number of hydrogen-bond acceptors (Lipinski definition) is 3. The molecule has 0 heterocycles. The van der Waals surface area contributed by atoms with Crippen molar-refractivity contribution in [3.63, 3.8) is 0 Å². The molecule has 0 saturated carbocycles. The molecule has 1 atom stereocenters. The van der Waals surface area contributed by atoms with Gasteiger partial charge in [0.05, 0.1) is 0 Å². The minimum Gasteiger partial charge on any atom is -0.353 e. The summed E-state index contributed by atoms with van der Waals surface area (Å²) in [6, 6.07) is 0. The van der Waals surface area contributed by atoms with Crippen molar-refractivity contribution in [1.82, 2.24) is 5.09 Å². The lowest BCUT2D eigenvalue weighted by molar-refractivity contribution is -0.145. The van der Waals surface area contributed by atoms with Crippen LogP contribution in [0.5, 0.6) is 0 Å². The van der Waals surface area contributed by atoms with Gasteiger partial charge in [0.1, 0.15) is 0 Å². The minimum absolute atomic E-state index is 0.151. The first-order valence-corrected chi connectivity index (χ1v) is 7.09. The zero-order chi connectivity index (χ0) is 12.1. The van der Waals surface area contributed by atoms with E-state index in [1.54, 1.807) is 0 Å². The average molecular weight is 250 g/mol. The summed E-state index contributed by atoms with van der Waals surface area (Å²) in [5.74, 6) is 0. The molecule has 0 aliphatic carbocycles. The highest BCUT2D eigenvalue weighted by atomic mass is 31.1. The van der Waals surface area contributed by atoms with E-state index < -0.39 is 8.61 Å². The van der Waals surface area contributed by atoms with E-state index in [0.29, 0.717) is 6.54 Å². The van der Waals surface area contributed by atoms with Gasteiger partial charge >= 0.3 is 8.61 Å². The van der Waals surface area contributed by atoms with Crippen molar-refractivity contribution in [3.8, 4) is 0 Å². The number of unbranched alkanes of at least 4 members (excludes halogenated alkanes) is 2. The van der Waals surface area contributed by atoms with Crippen molar-refractivity contribution < 1.29 is 14.0 Å². The van der Waals surface area contributed by atoms with Gasteiger partial charge in [0.15, 0.2) is 6.29 Å². The number of rotatable bonds is 12. The van der Waals surface area contributed by atoms with E-state index in [9.17, 15) is 4.57 Å². The highest BCUT2D eigenvalue weighted by molar-refractivity contribution is 7.21. The first-order chi connectivity index (χ1) is 7.85. The van der Waals surface area contributed by atoms with Crippen LogP contribution in [-0.2, 0) is 14.0 Å². The molecular weight excluding hydrogens is 225 g/mol. The first-order valence-electron chi connectivity index (χ1n) is 6.18. The van der Waals surface area contributed by atoms with Crippen molar-refractivity contribution in [2.75, 3.05) is 19.8 Å². The third-order valence-corrected chi connectivity index (χ3v) is 2.57. The molecule has 0 bridgehead atoms. The van der Waals surface area contributed by atoms with Crippen LogP contribution < -0.4 is 5.09 Å². The molecule has 0 amide bonds. The molecule has 0 fully saturated rings. The fraction of sp³-hybridized carbons (Fsp3) is 1.00. The standard InChI is InChI=1S/C11H24NO3P/c1-3-5-9-14-11(7-8-12-16-13)15-10-6-4-2/h11H,3-10H2,1-2H3,(H,12,13)/p+1. The van der Waals surface area contributed by atoms with Crippen molar-refractivity contribution in [3.05, 3.63) is 0 Å². The lowest BCUT2D eigenvalue weighted by Gasteiger charge is -2.17. The largest absolute Gasteiger partial charge is 0.418 e. The number of hydrogen-bond donors (Lipinski definition) is 1. The van der Waals surface area contributed by atoms with Crippen LogP contribution >= 0.6 is 8.61 Å². The van der Waals surface area contributed by atoms with Crippen LogP contribution in [0.4, 0.5) is 0 Å². The zero-order valence-corrected chi connectivity index (χ0v) is 11.5. The molecule has 1 N–H and O–H groups in total. The molecule has 0 rings (SSSR count). The van der Waals surface area contributed by atoms with E-state index in [1.807, 2.05) is 0 Å². The molecule has 4 nitrogen and oxygen atoms in total. The Hall–Kier alpha value is -0.0200. The molecule has 0 aliphatic rings. The van der Waals surface area contributed by atoms with E-state index in [0.717, 1.165) is 45.3 Å². The SMILES string of the molecule is CCCCOC(CCN[PH+]=O)OCCCC. The van der Waals surface area contributed by atoms with Crippen molar-refractivity contribution >= 4 is 8.61 Å². The third-order valence-electron chi connectivity index (χ3n) is 2.18.